The zero-order valence-electron chi connectivity index (χ0n) is 14.4. The van der Waals surface area contributed by atoms with Crippen LogP contribution in [0.15, 0.2) is 18.2 Å². The van der Waals surface area contributed by atoms with Crippen molar-refractivity contribution in [3.8, 4) is 6.07 Å². The molecule has 142 valence electrons. The number of anilines is 1. The number of nitrogens with zero attached hydrogens (tertiary/aromatic N) is 2. The van der Waals surface area contributed by atoms with Crippen LogP contribution in [0.4, 0.5) is 18.9 Å². The minimum atomic E-state index is -4.81. The number of carbonyl (C=O) groups is 2. The number of ether oxygens (including phenoxy) is 1. The fraction of sp³-hybridized carbons (Fsp3) is 0.500. The molecule has 3 aliphatic heterocycles. The quantitative estimate of drug-likeness (QED) is 0.753. The highest BCUT2D eigenvalue weighted by atomic mass is 19.4. The SMILES string of the molecule is C[C@]12O[C@](C)(C[C@@H]1O)[C@H]1C(=O)N(c3ccc(C#N)c(C(F)(F)F)c3)C(=O)[C@H]12. The first-order valence-electron chi connectivity index (χ1n) is 8.31. The third-order valence-corrected chi connectivity index (χ3v) is 5.98. The van der Waals surface area contributed by atoms with Crippen LogP contribution >= 0.6 is 0 Å². The second-order valence-electron chi connectivity index (χ2n) is 7.63. The number of benzene rings is 1. The van der Waals surface area contributed by atoms with E-state index in [1.165, 1.54) is 6.07 Å². The first-order chi connectivity index (χ1) is 12.4. The molecule has 4 rings (SSSR count). The summed E-state index contributed by atoms with van der Waals surface area (Å²) in [6.07, 6.45) is -5.59. The van der Waals surface area contributed by atoms with E-state index in [9.17, 15) is 27.9 Å². The van der Waals surface area contributed by atoms with Crippen LogP contribution in [0.2, 0.25) is 0 Å². The second-order valence-corrected chi connectivity index (χ2v) is 7.63. The third-order valence-electron chi connectivity index (χ3n) is 5.98. The number of nitriles is 1. The molecule has 0 unspecified atom stereocenters. The van der Waals surface area contributed by atoms with Gasteiger partial charge in [0.15, 0.2) is 0 Å². The maximum Gasteiger partial charge on any atom is 0.417 e. The lowest BCUT2D eigenvalue weighted by molar-refractivity contribution is -0.138. The molecule has 2 bridgehead atoms. The van der Waals surface area contributed by atoms with Crippen LogP contribution in [0, 0.1) is 23.2 Å². The van der Waals surface area contributed by atoms with Crippen LogP contribution in [-0.4, -0.2) is 34.2 Å². The molecule has 9 heteroatoms. The lowest BCUT2D eigenvalue weighted by Crippen LogP contribution is -2.49. The molecule has 0 aromatic heterocycles. The van der Waals surface area contributed by atoms with Crippen LogP contribution < -0.4 is 4.90 Å². The molecule has 6 nitrogen and oxygen atoms in total. The molecule has 0 aliphatic carbocycles. The third kappa shape index (κ3) is 2.14. The predicted molar refractivity (Wildman–Crippen MR) is 84.2 cm³/mol. The van der Waals surface area contributed by atoms with Gasteiger partial charge in [0.25, 0.3) is 0 Å². The number of alkyl halides is 3. The minimum Gasteiger partial charge on any atom is -0.390 e. The molecule has 0 saturated carbocycles. The number of carbonyl (C=O) groups excluding carboxylic acids is 2. The standard InChI is InChI=1S/C18H15F3N2O4/c1-16-6-11(24)17(2,27-16)13-12(16)14(25)23(15(13)26)9-4-3-8(7-22)10(5-9)18(19,20)21/h3-5,11-13,24H,6H2,1-2H3/t11-,12+,13-,16+,17-/m0/s1. The fourth-order valence-corrected chi connectivity index (χ4v) is 4.78. The Morgan fingerprint density at radius 1 is 1.26 bits per heavy atom. The van der Waals surface area contributed by atoms with Gasteiger partial charge in [0.2, 0.25) is 11.8 Å². The Labute approximate surface area is 152 Å². The molecule has 1 aromatic rings. The number of hydrogen-bond acceptors (Lipinski definition) is 5. The summed E-state index contributed by atoms with van der Waals surface area (Å²) in [5.41, 5.74) is -4.37. The van der Waals surface area contributed by atoms with E-state index in [2.05, 4.69) is 0 Å². The maximum absolute atomic E-state index is 13.2. The first-order valence-corrected chi connectivity index (χ1v) is 8.31. The van der Waals surface area contributed by atoms with Crippen molar-refractivity contribution >= 4 is 17.5 Å². The summed E-state index contributed by atoms with van der Waals surface area (Å²) >= 11 is 0. The average molecular weight is 380 g/mol. The molecular weight excluding hydrogens is 365 g/mol. The van der Waals surface area contributed by atoms with E-state index in [0.717, 1.165) is 17.0 Å². The van der Waals surface area contributed by atoms with E-state index in [-0.39, 0.29) is 12.1 Å². The van der Waals surface area contributed by atoms with E-state index in [1.807, 2.05) is 0 Å². The van der Waals surface area contributed by atoms with E-state index >= 15 is 0 Å². The molecule has 0 spiro atoms. The Bertz CT molecular complexity index is 924. The average Bonchev–Trinajstić information content (AvgIpc) is 3.07. The van der Waals surface area contributed by atoms with Crippen molar-refractivity contribution in [3.05, 3.63) is 29.3 Å². The van der Waals surface area contributed by atoms with Crippen molar-refractivity contribution in [1.29, 1.82) is 5.26 Å². The molecule has 3 heterocycles. The zero-order valence-corrected chi connectivity index (χ0v) is 14.4. The number of rotatable bonds is 1. The van der Waals surface area contributed by atoms with Gasteiger partial charge in [-0.05, 0) is 32.0 Å². The van der Waals surface area contributed by atoms with Crippen molar-refractivity contribution in [2.75, 3.05) is 4.90 Å². The molecular formula is C18H15F3N2O4. The predicted octanol–water partition coefficient (Wildman–Crippen LogP) is 1.99. The maximum atomic E-state index is 13.2. The largest absolute Gasteiger partial charge is 0.417 e. The summed E-state index contributed by atoms with van der Waals surface area (Å²) in [7, 11) is 0. The van der Waals surface area contributed by atoms with Gasteiger partial charge in [-0.15, -0.1) is 0 Å². The van der Waals surface area contributed by atoms with Gasteiger partial charge < -0.3 is 9.84 Å². The molecule has 27 heavy (non-hydrogen) atoms. The number of imide groups is 1. The summed E-state index contributed by atoms with van der Waals surface area (Å²) in [6.45, 7) is 3.17. The van der Waals surface area contributed by atoms with Gasteiger partial charge in [0.1, 0.15) is 5.60 Å². The van der Waals surface area contributed by atoms with Crippen molar-refractivity contribution in [2.45, 2.75) is 43.8 Å². The summed E-state index contributed by atoms with van der Waals surface area (Å²) in [6, 6.07) is 4.19. The van der Waals surface area contributed by atoms with Gasteiger partial charge in [0.05, 0.1) is 46.4 Å². The molecule has 3 fully saturated rings. The van der Waals surface area contributed by atoms with Crippen molar-refractivity contribution in [1.82, 2.24) is 0 Å². The van der Waals surface area contributed by atoms with Gasteiger partial charge in [-0.25, -0.2) is 4.90 Å². The summed E-state index contributed by atoms with van der Waals surface area (Å²) in [5.74, 6) is -3.19. The van der Waals surface area contributed by atoms with Crippen molar-refractivity contribution in [2.24, 2.45) is 11.8 Å². The number of hydrogen-bond donors (Lipinski definition) is 1. The van der Waals surface area contributed by atoms with E-state index < -0.39 is 58.3 Å². The number of aliphatic hydroxyl groups excluding tert-OH is 1. The number of amides is 2. The highest BCUT2D eigenvalue weighted by molar-refractivity contribution is 6.23. The Kier molecular flexibility index (Phi) is 3.38. The van der Waals surface area contributed by atoms with Gasteiger partial charge in [-0.2, -0.15) is 18.4 Å². The minimum absolute atomic E-state index is 0.165. The monoisotopic (exact) mass is 380 g/mol. The van der Waals surface area contributed by atoms with Crippen molar-refractivity contribution < 1.29 is 32.6 Å². The lowest BCUT2D eigenvalue weighted by Gasteiger charge is -2.31. The molecule has 1 N–H and O–H groups in total. The second kappa shape index (κ2) is 5.09. The molecule has 1 aromatic carbocycles. The fourth-order valence-electron chi connectivity index (χ4n) is 4.78. The van der Waals surface area contributed by atoms with E-state index in [0.29, 0.717) is 6.07 Å². The number of aliphatic hydroxyl groups is 1. The Morgan fingerprint density at radius 2 is 1.89 bits per heavy atom. The summed E-state index contributed by atoms with van der Waals surface area (Å²) in [4.78, 5) is 26.6. The smallest absolute Gasteiger partial charge is 0.390 e. The summed E-state index contributed by atoms with van der Waals surface area (Å²) in [5, 5.41) is 19.2. The van der Waals surface area contributed by atoms with Crippen LogP contribution in [-0.2, 0) is 20.5 Å². The molecule has 0 radical (unpaired) electrons. The molecule has 5 atom stereocenters. The van der Waals surface area contributed by atoms with Gasteiger partial charge in [-0.1, -0.05) is 0 Å². The van der Waals surface area contributed by atoms with Crippen LogP contribution in [0.5, 0.6) is 0 Å². The zero-order chi connectivity index (χ0) is 19.9. The van der Waals surface area contributed by atoms with E-state index in [1.54, 1.807) is 13.8 Å². The number of halogens is 3. The highest BCUT2D eigenvalue weighted by Crippen LogP contribution is 2.61. The van der Waals surface area contributed by atoms with E-state index in [4.69, 9.17) is 10.00 Å². The van der Waals surface area contributed by atoms with Gasteiger partial charge in [-0.3, -0.25) is 9.59 Å². The van der Waals surface area contributed by atoms with Gasteiger partial charge in [0, 0.05) is 6.42 Å². The van der Waals surface area contributed by atoms with Gasteiger partial charge >= 0.3 is 6.18 Å². The summed E-state index contributed by atoms with van der Waals surface area (Å²) < 4.78 is 45.6. The molecule has 2 amide bonds. The Hall–Kier alpha value is -2.44. The molecule has 3 aliphatic rings. The topological polar surface area (TPSA) is 90.6 Å². The Morgan fingerprint density at radius 3 is 2.48 bits per heavy atom. The lowest BCUT2D eigenvalue weighted by atomic mass is 9.67. The highest BCUT2D eigenvalue weighted by Gasteiger charge is 2.75. The van der Waals surface area contributed by atoms with Crippen LogP contribution in [0.1, 0.15) is 31.4 Å². The van der Waals surface area contributed by atoms with Crippen LogP contribution in [0.3, 0.4) is 0 Å². The van der Waals surface area contributed by atoms with Crippen LogP contribution in [0.25, 0.3) is 0 Å². The molecule has 3 saturated heterocycles. The number of fused-ring (bicyclic) bond motifs is 5. The Balaban J connectivity index is 1.81. The first kappa shape index (κ1) is 17.9. The normalized spacial score (nSPS) is 37.7. The van der Waals surface area contributed by atoms with Crippen molar-refractivity contribution in [3.63, 3.8) is 0 Å².